The molecule has 2 N–H and O–H groups in total. The number of piperidine rings is 1. The third kappa shape index (κ3) is 3.80. The van der Waals surface area contributed by atoms with E-state index in [1.807, 2.05) is 13.8 Å². The van der Waals surface area contributed by atoms with Gasteiger partial charge in [-0.3, -0.25) is 0 Å². The maximum Gasteiger partial charge on any atom is 0.212 e. The van der Waals surface area contributed by atoms with Crippen LogP contribution < -0.4 is 10.0 Å². The van der Waals surface area contributed by atoms with Crippen LogP contribution in [-0.2, 0) is 10.0 Å². The monoisotopic (exact) mass is 301 g/mol. The minimum Gasteiger partial charge on any atom is -0.361 e. The molecule has 2 rings (SSSR count). The lowest BCUT2D eigenvalue weighted by atomic mass is 10.0. The topological polar surface area (TPSA) is 84.2 Å². The zero-order valence-electron chi connectivity index (χ0n) is 12.3. The molecule has 0 saturated carbocycles. The average molecular weight is 301 g/mol. The number of nitrogens with one attached hydrogen (secondary N) is 2. The molecule has 0 radical (unpaired) electrons. The van der Waals surface area contributed by atoms with Gasteiger partial charge in [-0.1, -0.05) is 5.16 Å². The molecule has 0 bridgehead atoms. The van der Waals surface area contributed by atoms with E-state index in [0.717, 1.165) is 37.2 Å². The minimum absolute atomic E-state index is 0.197. The number of aromatic nitrogens is 1. The first-order valence-electron chi connectivity index (χ1n) is 7.02. The summed E-state index contributed by atoms with van der Waals surface area (Å²) in [5.41, 5.74) is 1.57. The summed E-state index contributed by atoms with van der Waals surface area (Å²) in [5.74, 6) is 1.10. The van der Waals surface area contributed by atoms with Gasteiger partial charge in [0.25, 0.3) is 0 Å². The number of nitrogens with zero attached hydrogens (tertiary/aromatic N) is 1. The van der Waals surface area contributed by atoms with E-state index in [2.05, 4.69) is 15.2 Å². The van der Waals surface area contributed by atoms with E-state index < -0.39 is 10.0 Å². The standard InChI is InChI=1S/C13H23N3O3S/c1-9-13(11(3)19-15-9)10(2)16-20(17,18)8-12-4-6-14-7-5-12/h10,12,14,16H,4-8H2,1-3H3. The van der Waals surface area contributed by atoms with Gasteiger partial charge in [0, 0.05) is 11.6 Å². The first kappa shape index (κ1) is 15.5. The SMILES string of the molecule is Cc1noc(C)c1C(C)NS(=O)(=O)CC1CCNCC1. The van der Waals surface area contributed by atoms with Gasteiger partial charge in [-0.2, -0.15) is 0 Å². The molecule has 1 aromatic heterocycles. The van der Waals surface area contributed by atoms with E-state index in [9.17, 15) is 8.42 Å². The maximum atomic E-state index is 12.2. The summed E-state index contributed by atoms with van der Waals surface area (Å²) in [6.07, 6.45) is 1.83. The number of sulfonamides is 1. The smallest absolute Gasteiger partial charge is 0.212 e. The normalized spacial score (nSPS) is 19.1. The second-order valence-electron chi connectivity index (χ2n) is 5.55. The van der Waals surface area contributed by atoms with Crippen LogP contribution in [0.3, 0.4) is 0 Å². The second-order valence-corrected chi connectivity index (χ2v) is 7.35. The molecule has 0 aromatic carbocycles. The largest absolute Gasteiger partial charge is 0.361 e. The summed E-state index contributed by atoms with van der Waals surface area (Å²) in [4.78, 5) is 0. The Balaban J connectivity index is 2.00. The lowest BCUT2D eigenvalue weighted by Gasteiger charge is -2.23. The first-order chi connectivity index (χ1) is 9.39. The highest BCUT2D eigenvalue weighted by atomic mass is 32.2. The van der Waals surface area contributed by atoms with E-state index in [-0.39, 0.29) is 17.7 Å². The molecule has 7 heteroatoms. The molecule has 1 aliphatic rings. The Hall–Kier alpha value is -0.920. The van der Waals surface area contributed by atoms with Gasteiger partial charge in [-0.25, -0.2) is 13.1 Å². The molecular weight excluding hydrogens is 278 g/mol. The maximum absolute atomic E-state index is 12.2. The van der Waals surface area contributed by atoms with Crippen LogP contribution in [0.4, 0.5) is 0 Å². The highest BCUT2D eigenvalue weighted by Crippen LogP contribution is 2.22. The Labute approximate surface area is 120 Å². The fourth-order valence-corrected chi connectivity index (χ4v) is 4.55. The van der Waals surface area contributed by atoms with Crippen molar-refractivity contribution >= 4 is 10.0 Å². The van der Waals surface area contributed by atoms with Crippen molar-refractivity contribution in [1.82, 2.24) is 15.2 Å². The van der Waals surface area contributed by atoms with E-state index >= 15 is 0 Å². The molecule has 20 heavy (non-hydrogen) atoms. The molecule has 2 heterocycles. The van der Waals surface area contributed by atoms with Crippen LogP contribution in [0, 0.1) is 19.8 Å². The fourth-order valence-electron chi connectivity index (χ4n) is 2.84. The Morgan fingerprint density at radius 2 is 2.05 bits per heavy atom. The quantitative estimate of drug-likeness (QED) is 0.855. The molecule has 0 aliphatic carbocycles. The first-order valence-corrected chi connectivity index (χ1v) is 8.68. The molecule has 1 unspecified atom stereocenters. The summed E-state index contributed by atoms with van der Waals surface area (Å²) >= 11 is 0. The Morgan fingerprint density at radius 3 is 2.60 bits per heavy atom. The molecule has 1 saturated heterocycles. The number of hydrogen-bond acceptors (Lipinski definition) is 5. The number of aryl methyl sites for hydroxylation is 2. The second kappa shape index (κ2) is 6.24. The summed E-state index contributed by atoms with van der Waals surface area (Å²) in [6, 6.07) is -0.312. The lowest BCUT2D eigenvalue weighted by Crippen LogP contribution is -2.36. The van der Waals surface area contributed by atoms with Crippen LogP contribution in [0.15, 0.2) is 4.52 Å². The summed E-state index contributed by atoms with van der Waals surface area (Å²) < 4.78 is 32.3. The molecule has 114 valence electrons. The molecule has 0 amide bonds. The Bertz CT molecular complexity index is 528. The highest BCUT2D eigenvalue weighted by Gasteiger charge is 2.25. The van der Waals surface area contributed by atoms with Crippen molar-refractivity contribution in [3.63, 3.8) is 0 Å². The van der Waals surface area contributed by atoms with E-state index in [4.69, 9.17) is 4.52 Å². The van der Waals surface area contributed by atoms with Gasteiger partial charge in [-0.15, -0.1) is 0 Å². The van der Waals surface area contributed by atoms with Crippen molar-refractivity contribution in [3.05, 3.63) is 17.0 Å². The highest BCUT2D eigenvalue weighted by molar-refractivity contribution is 7.89. The summed E-state index contributed by atoms with van der Waals surface area (Å²) in [6.45, 7) is 7.25. The van der Waals surface area contributed by atoms with E-state index in [1.54, 1.807) is 6.92 Å². The lowest BCUT2D eigenvalue weighted by molar-refractivity contribution is 0.391. The van der Waals surface area contributed by atoms with E-state index in [0.29, 0.717) is 5.76 Å². The van der Waals surface area contributed by atoms with Crippen molar-refractivity contribution in [2.45, 2.75) is 39.7 Å². The molecular formula is C13H23N3O3S. The van der Waals surface area contributed by atoms with Crippen molar-refractivity contribution in [3.8, 4) is 0 Å². The van der Waals surface area contributed by atoms with Gasteiger partial charge in [-0.05, 0) is 52.6 Å². The number of hydrogen-bond donors (Lipinski definition) is 2. The van der Waals surface area contributed by atoms with E-state index in [1.165, 1.54) is 0 Å². The zero-order valence-corrected chi connectivity index (χ0v) is 13.1. The van der Waals surface area contributed by atoms with Gasteiger partial charge >= 0.3 is 0 Å². The van der Waals surface area contributed by atoms with Gasteiger partial charge in [0.05, 0.1) is 11.4 Å². The molecule has 1 aliphatic heterocycles. The van der Waals surface area contributed by atoms with Crippen LogP contribution in [-0.4, -0.2) is 32.4 Å². The van der Waals surface area contributed by atoms with Crippen molar-refractivity contribution in [2.75, 3.05) is 18.8 Å². The minimum atomic E-state index is -3.29. The Morgan fingerprint density at radius 1 is 1.40 bits per heavy atom. The molecule has 1 aromatic rings. The van der Waals surface area contributed by atoms with Gasteiger partial charge < -0.3 is 9.84 Å². The number of rotatable bonds is 5. The van der Waals surface area contributed by atoms with Crippen molar-refractivity contribution in [2.24, 2.45) is 5.92 Å². The predicted octanol–water partition coefficient (Wildman–Crippen LogP) is 1.27. The third-order valence-electron chi connectivity index (χ3n) is 3.79. The zero-order chi connectivity index (χ0) is 14.8. The van der Waals surface area contributed by atoms with Gasteiger partial charge in [0.15, 0.2) is 0 Å². The van der Waals surface area contributed by atoms with Crippen molar-refractivity contribution < 1.29 is 12.9 Å². The van der Waals surface area contributed by atoms with Gasteiger partial charge in [0.2, 0.25) is 10.0 Å². The molecule has 0 spiro atoms. The summed E-state index contributed by atoms with van der Waals surface area (Å²) in [5, 5.41) is 7.11. The van der Waals surface area contributed by atoms with Crippen LogP contribution >= 0.6 is 0 Å². The molecule has 1 atom stereocenters. The predicted molar refractivity (Wildman–Crippen MR) is 76.9 cm³/mol. The van der Waals surface area contributed by atoms with Crippen LogP contribution in [0.1, 0.15) is 42.8 Å². The fraction of sp³-hybridized carbons (Fsp3) is 0.769. The van der Waals surface area contributed by atoms with Crippen molar-refractivity contribution in [1.29, 1.82) is 0 Å². The molecule has 6 nitrogen and oxygen atoms in total. The Kier molecular flexibility index (Phi) is 4.82. The molecule has 1 fully saturated rings. The van der Waals surface area contributed by atoms with Gasteiger partial charge in [0.1, 0.15) is 5.76 Å². The van der Waals surface area contributed by atoms with Crippen LogP contribution in [0.2, 0.25) is 0 Å². The average Bonchev–Trinajstić information content (AvgIpc) is 2.69. The van der Waals surface area contributed by atoms with Crippen LogP contribution in [0.5, 0.6) is 0 Å². The third-order valence-corrected chi connectivity index (χ3v) is 5.41. The summed E-state index contributed by atoms with van der Waals surface area (Å²) in [7, 11) is -3.29. The van der Waals surface area contributed by atoms with Crippen LogP contribution in [0.25, 0.3) is 0 Å².